The fourth-order valence-corrected chi connectivity index (χ4v) is 8.57. The number of nitrogens with zero attached hydrogens (tertiary/aromatic N) is 4. The minimum Gasteiger partial charge on any atom is -0.494 e. The highest BCUT2D eigenvalue weighted by Crippen LogP contribution is 2.38. The topological polar surface area (TPSA) is 85.0 Å². The van der Waals surface area contributed by atoms with Crippen LogP contribution >= 0.6 is 0 Å². The van der Waals surface area contributed by atoms with Gasteiger partial charge in [0.1, 0.15) is 5.75 Å². The van der Waals surface area contributed by atoms with Crippen molar-refractivity contribution in [1.82, 2.24) is 0 Å². The lowest BCUT2D eigenvalue weighted by Gasteiger charge is -2.29. The molecule has 0 amide bonds. The quantitative estimate of drug-likeness (QED) is 0.0228. The molecule has 0 aromatic heterocycles. The molecule has 0 saturated heterocycles. The van der Waals surface area contributed by atoms with Crippen molar-refractivity contribution < 1.29 is 14.3 Å². The van der Waals surface area contributed by atoms with Crippen molar-refractivity contribution in [1.29, 1.82) is 0 Å². The predicted octanol–water partition coefficient (Wildman–Crippen LogP) is 17.4. The van der Waals surface area contributed by atoms with Crippen molar-refractivity contribution in [3.63, 3.8) is 0 Å². The van der Waals surface area contributed by atoms with Gasteiger partial charge in [0.25, 0.3) is 0 Å². The molecule has 1 saturated carbocycles. The van der Waals surface area contributed by atoms with E-state index in [0.29, 0.717) is 12.5 Å². The number of rotatable bonds is 27. The first-order chi connectivity index (χ1) is 31.5. The molecule has 6 rings (SSSR count). The number of unbranched alkanes of at least 4 members (excludes halogenated alkanes) is 9. The van der Waals surface area contributed by atoms with Gasteiger partial charge in [-0.2, -0.15) is 20.5 Å². The summed E-state index contributed by atoms with van der Waals surface area (Å²) in [7, 11) is 0. The summed E-state index contributed by atoms with van der Waals surface area (Å²) in [5.41, 5.74) is 10.1. The molecule has 0 N–H and O–H groups in total. The number of carbonyl (C=O) groups excluding carboxylic acids is 1. The Morgan fingerprint density at radius 1 is 0.531 bits per heavy atom. The van der Waals surface area contributed by atoms with Crippen molar-refractivity contribution >= 4 is 28.7 Å². The summed E-state index contributed by atoms with van der Waals surface area (Å²) < 4.78 is 10.8. The fourth-order valence-electron chi connectivity index (χ4n) is 8.57. The molecule has 0 atom stereocenters. The monoisotopic (exact) mass is 859 g/mol. The van der Waals surface area contributed by atoms with Gasteiger partial charge in [0.2, 0.25) is 0 Å². The molecular weight excluding hydrogens is 789 g/mol. The van der Waals surface area contributed by atoms with Gasteiger partial charge < -0.3 is 9.47 Å². The maximum atomic E-state index is 11.1. The van der Waals surface area contributed by atoms with E-state index in [1.165, 1.54) is 117 Å². The van der Waals surface area contributed by atoms with Crippen LogP contribution in [-0.2, 0) is 22.4 Å². The first-order valence-electron chi connectivity index (χ1n) is 24.3. The van der Waals surface area contributed by atoms with Crippen LogP contribution in [0.5, 0.6) is 5.75 Å². The molecule has 5 aromatic rings. The van der Waals surface area contributed by atoms with E-state index in [-0.39, 0.29) is 5.97 Å². The molecule has 0 spiro atoms. The van der Waals surface area contributed by atoms with E-state index >= 15 is 0 Å². The Balaban J connectivity index is 0.788. The Morgan fingerprint density at radius 2 is 0.984 bits per heavy atom. The number of benzene rings is 5. The van der Waals surface area contributed by atoms with Crippen molar-refractivity contribution in [3.8, 4) is 16.9 Å². The average molecular weight is 859 g/mol. The highest BCUT2D eigenvalue weighted by atomic mass is 16.5. The summed E-state index contributed by atoms with van der Waals surface area (Å²) in [5, 5.41) is 17.5. The van der Waals surface area contributed by atoms with Crippen LogP contribution in [0.4, 0.5) is 22.7 Å². The number of esters is 1. The maximum Gasteiger partial charge on any atom is 0.330 e. The fraction of sp³-hybridized carbons (Fsp3) is 0.421. The van der Waals surface area contributed by atoms with Gasteiger partial charge in [-0.15, -0.1) is 0 Å². The van der Waals surface area contributed by atoms with E-state index < -0.39 is 0 Å². The Kier molecular flexibility index (Phi) is 20.5. The lowest BCUT2D eigenvalue weighted by atomic mass is 9.77. The van der Waals surface area contributed by atoms with Gasteiger partial charge in [-0.25, -0.2) is 4.79 Å². The average Bonchev–Trinajstić information content (AvgIpc) is 3.34. The molecule has 0 radical (unpaired) electrons. The van der Waals surface area contributed by atoms with Crippen LogP contribution in [0.15, 0.2) is 154 Å². The molecule has 1 fully saturated rings. The van der Waals surface area contributed by atoms with Crippen molar-refractivity contribution in [2.75, 3.05) is 13.2 Å². The number of carbonyl (C=O) groups is 1. The highest BCUT2D eigenvalue weighted by Gasteiger charge is 2.22. The van der Waals surface area contributed by atoms with Crippen LogP contribution in [0.3, 0.4) is 0 Å². The van der Waals surface area contributed by atoms with Gasteiger partial charge in [-0.1, -0.05) is 132 Å². The third-order valence-electron chi connectivity index (χ3n) is 12.6. The maximum absolute atomic E-state index is 11.1. The summed E-state index contributed by atoms with van der Waals surface area (Å²) in [6.07, 6.45) is 24.5. The Hall–Kier alpha value is -5.69. The van der Waals surface area contributed by atoms with Crippen molar-refractivity contribution in [3.05, 3.63) is 151 Å². The van der Waals surface area contributed by atoms with E-state index in [4.69, 9.17) is 9.47 Å². The third-order valence-corrected chi connectivity index (χ3v) is 12.6. The molecule has 64 heavy (non-hydrogen) atoms. The van der Waals surface area contributed by atoms with Gasteiger partial charge in [-0.05, 0) is 165 Å². The SMILES string of the molecule is C=CC(=O)OCCCCCCC1CCC(c2ccc(-c3ccc(CCCCCCCCc4ccc(N=Nc5ccc(N=Nc6ccc(OCCCC)cc6)cc5)cc4)cc3)cc2)CC1. The molecule has 0 unspecified atom stereocenters. The standard InChI is InChI=1S/C57H70N4O3/c1-3-5-43-63-56-41-39-55(40-42-56)61-60-54-37-35-53(36-38-54)59-58-52-33-23-47(24-34-52)18-13-9-7-6-8-12-16-45-19-25-48(26-20-45)50-29-31-51(32-30-50)49-27-21-46(22-28-49)17-14-10-11-15-44-64-57(62)4-2/h4,19-20,23-26,29-42,46,49H,2-3,5-18,21-22,27-28,43-44H2,1H3. The Morgan fingerprint density at radius 3 is 1.52 bits per heavy atom. The number of aryl methyl sites for hydroxylation is 2. The zero-order valence-electron chi connectivity index (χ0n) is 38.3. The van der Waals surface area contributed by atoms with Crippen LogP contribution in [0.25, 0.3) is 11.1 Å². The molecule has 7 heteroatoms. The summed E-state index contributed by atoms with van der Waals surface area (Å²) in [5.74, 6) is 2.11. The van der Waals surface area contributed by atoms with Crippen LogP contribution in [0.1, 0.15) is 139 Å². The van der Waals surface area contributed by atoms with Gasteiger partial charge in [0.15, 0.2) is 0 Å². The van der Waals surface area contributed by atoms with Gasteiger partial charge in [0.05, 0.1) is 36.0 Å². The summed E-state index contributed by atoms with van der Waals surface area (Å²) in [4.78, 5) is 11.1. The van der Waals surface area contributed by atoms with Crippen molar-refractivity contribution in [2.24, 2.45) is 26.4 Å². The second-order valence-electron chi connectivity index (χ2n) is 17.5. The summed E-state index contributed by atoms with van der Waals surface area (Å²) in [6.45, 7) is 6.84. The van der Waals surface area contributed by atoms with Crippen LogP contribution in [0.2, 0.25) is 0 Å². The molecule has 5 aromatic carbocycles. The minimum atomic E-state index is -0.314. The molecular formula is C57H70N4O3. The summed E-state index contributed by atoms with van der Waals surface area (Å²) >= 11 is 0. The largest absolute Gasteiger partial charge is 0.494 e. The van der Waals surface area contributed by atoms with Gasteiger partial charge in [0, 0.05) is 6.08 Å². The zero-order chi connectivity index (χ0) is 44.4. The first-order valence-corrected chi connectivity index (χ1v) is 24.3. The number of hydrogen-bond acceptors (Lipinski definition) is 7. The van der Waals surface area contributed by atoms with Crippen LogP contribution in [0, 0.1) is 5.92 Å². The van der Waals surface area contributed by atoms with E-state index in [1.54, 1.807) is 0 Å². The normalized spacial score (nSPS) is 15.1. The van der Waals surface area contributed by atoms with Crippen LogP contribution in [-0.4, -0.2) is 19.2 Å². The lowest BCUT2D eigenvalue weighted by molar-refractivity contribution is -0.137. The zero-order valence-corrected chi connectivity index (χ0v) is 38.3. The third kappa shape index (κ3) is 17.1. The number of hydrogen-bond donors (Lipinski definition) is 0. The predicted molar refractivity (Wildman–Crippen MR) is 264 cm³/mol. The number of ether oxygens (including phenoxy) is 2. The Labute approximate surface area is 383 Å². The van der Waals surface area contributed by atoms with E-state index in [0.717, 1.165) is 79.5 Å². The lowest BCUT2D eigenvalue weighted by Crippen LogP contribution is -2.13. The van der Waals surface area contributed by atoms with Gasteiger partial charge >= 0.3 is 5.97 Å². The first kappa shape index (κ1) is 47.8. The van der Waals surface area contributed by atoms with Crippen LogP contribution < -0.4 is 4.74 Å². The smallest absolute Gasteiger partial charge is 0.330 e. The molecule has 336 valence electrons. The minimum absolute atomic E-state index is 0.314. The molecule has 0 bridgehead atoms. The molecule has 1 aliphatic rings. The van der Waals surface area contributed by atoms with E-state index in [9.17, 15) is 4.79 Å². The van der Waals surface area contributed by atoms with E-state index in [1.807, 2.05) is 48.5 Å². The second-order valence-corrected chi connectivity index (χ2v) is 17.5. The molecule has 1 aliphatic carbocycles. The van der Waals surface area contributed by atoms with Gasteiger partial charge in [-0.3, -0.25) is 0 Å². The summed E-state index contributed by atoms with van der Waals surface area (Å²) in [6, 6.07) is 42.4. The second kappa shape index (κ2) is 27.5. The highest BCUT2D eigenvalue weighted by molar-refractivity contribution is 5.81. The molecule has 0 heterocycles. The molecule has 7 nitrogen and oxygen atoms in total. The molecule has 0 aliphatic heterocycles. The number of azo groups is 2. The van der Waals surface area contributed by atoms with E-state index in [2.05, 4.69) is 107 Å². The Bertz CT molecular complexity index is 2140. The van der Waals surface area contributed by atoms with Crippen molar-refractivity contribution in [2.45, 2.75) is 135 Å².